The summed E-state index contributed by atoms with van der Waals surface area (Å²) in [5.41, 5.74) is 0.320. The summed E-state index contributed by atoms with van der Waals surface area (Å²) in [6.45, 7) is -0.543. The van der Waals surface area contributed by atoms with Crippen LogP contribution in [0.1, 0.15) is 16.2 Å². The number of rotatable bonds is 6. The smallest absolute Gasteiger partial charge is 0.329 e. The second-order valence-corrected chi connectivity index (χ2v) is 7.00. The lowest BCUT2D eigenvalue weighted by Crippen LogP contribution is -2.30. The van der Waals surface area contributed by atoms with Crippen molar-refractivity contribution in [2.24, 2.45) is 0 Å². The van der Waals surface area contributed by atoms with E-state index in [1.165, 1.54) is 36.7 Å². The average Bonchev–Trinajstić information content (AvgIpc) is 3.18. The summed E-state index contributed by atoms with van der Waals surface area (Å²) in [6, 6.07) is 5.24. The van der Waals surface area contributed by atoms with Crippen molar-refractivity contribution in [3.8, 4) is 11.4 Å². The van der Waals surface area contributed by atoms with Gasteiger partial charge < -0.3 is 4.52 Å². The lowest BCUT2D eigenvalue weighted by atomic mass is 10.1. The molecule has 0 spiro atoms. The van der Waals surface area contributed by atoms with Crippen molar-refractivity contribution in [3.05, 3.63) is 54.3 Å². The number of benzene rings is 1. The molecule has 0 amide bonds. The van der Waals surface area contributed by atoms with E-state index < -0.39 is 34.4 Å². The second kappa shape index (κ2) is 7.44. The molecule has 2 aromatic heterocycles. The van der Waals surface area contributed by atoms with E-state index in [0.717, 1.165) is 6.20 Å². The van der Waals surface area contributed by atoms with Crippen molar-refractivity contribution >= 4 is 15.8 Å². The van der Waals surface area contributed by atoms with Crippen LogP contribution in [0.4, 0.5) is 13.2 Å². The maximum absolute atomic E-state index is 12.5. The van der Waals surface area contributed by atoms with Gasteiger partial charge in [0.25, 0.3) is 10.0 Å². The number of alkyl halides is 3. The van der Waals surface area contributed by atoms with Gasteiger partial charge >= 0.3 is 12.1 Å². The lowest BCUT2D eigenvalue weighted by Gasteiger charge is -2.05. The normalized spacial score (nSPS) is 12.1. The van der Waals surface area contributed by atoms with Crippen LogP contribution in [0.15, 0.2) is 52.4 Å². The number of carbonyl (C=O) groups excluding carboxylic acids is 1. The highest BCUT2D eigenvalue weighted by Crippen LogP contribution is 2.29. The number of hydrogen-bond donors (Lipinski definition) is 1. The summed E-state index contributed by atoms with van der Waals surface area (Å²) in [5.74, 6) is -2.35. The Morgan fingerprint density at radius 2 is 1.86 bits per heavy atom. The fraction of sp³-hybridized carbons (Fsp3) is 0.133. The Hall–Kier alpha value is -3.19. The predicted octanol–water partition coefficient (Wildman–Crippen LogP) is 1.71. The Labute approximate surface area is 155 Å². The molecule has 0 atom stereocenters. The van der Waals surface area contributed by atoms with E-state index in [1.807, 2.05) is 0 Å². The van der Waals surface area contributed by atoms with Gasteiger partial charge in [-0.25, -0.2) is 18.1 Å². The molecule has 0 unspecified atom stereocenters. The third kappa shape index (κ3) is 4.37. The fourth-order valence-electron chi connectivity index (χ4n) is 2.02. The van der Waals surface area contributed by atoms with Gasteiger partial charge in [-0.05, 0) is 0 Å². The van der Waals surface area contributed by atoms with Gasteiger partial charge in [-0.3, -0.25) is 9.78 Å². The van der Waals surface area contributed by atoms with Crippen LogP contribution in [-0.4, -0.2) is 40.9 Å². The Morgan fingerprint density at radius 3 is 2.43 bits per heavy atom. The van der Waals surface area contributed by atoms with Gasteiger partial charge in [-0.1, -0.05) is 29.4 Å². The van der Waals surface area contributed by atoms with Crippen LogP contribution in [0.2, 0.25) is 0 Å². The fourth-order valence-corrected chi connectivity index (χ4v) is 2.89. The van der Waals surface area contributed by atoms with Gasteiger partial charge in [0, 0.05) is 23.5 Å². The first kappa shape index (κ1) is 19.6. The van der Waals surface area contributed by atoms with Crippen LogP contribution in [0, 0.1) is 0 Å². The second-order valence-electron chi connectivity index (χ2n) is 5.29. The summed E-state index contributed by atoms with van der Waals surface area (Å²) in [4.78, 5) is 22.7. The first-order valence-corrected chi connectivity index (χ1v) is 8.95. The van der Waals surface area contributed by atoms with Gasteiger partial charge in [0.1, 0.15) is 0 Å². The van der Waals surface area contributed by atoms with Crippen molar-refractivity contribution in [1.29, 1.82) is 0 Å². The quantitative estimate of drug-likeness (QED) is 0.605. The van der Waals surface area contributed by atoms with Gasteiger partial charge in [-0.2, -0.15) is 18.2 Å². The minimum absolute atomic E-state index is 0.130. The highest BCUT2D eigenvalue weighted by molar-refractivity contribution is 7.89. The van der Waals surface area contributed by atoms with Crippen LogP contribution < -0.4 is 4.72 Å². The molecule has 0 fully saturated rings. The number of sulfonamides is 1. The average molecular weight is 413 g/mol. The monoisotopic (exact) mass is 413 g/mol. The minimum atomic E-state index is -4.76. The first-order valence-electron chi connectivity index (χ1n) is 7.47. The molecule has 0 bridgehead atoms. The number of nitrogens with zero attached hydrogens (tertiary/aromatic N) is 4. The molecule has 0 aliphatic rings. The molecule has 1 aromatic carbocycles. The van der Waals surface area contributed by atoms with E-state index in [4.69, 9.17) is 0 Å². The molecular formula is C15H10F3N5O4S. The molecule has 3 rings (SSSR count). The lowest BCUT2D eigenvalue weighted by molar-refractivity contribution is -0.159. The minimum Gasteiger partial charge on any atom is -0.329 e. The molecule has 13 heteroatoms. The van der Waals surface area contributed by atoms with E-state index in [9.17, 15) is 26.4 Å². The maximum Gasteiger partial charge on any atom is 0.471 e. The zero-order valence-corrected chi connectivity index (χ0v) is 14.5. The molecule has 0 radical (unpaired) electrons. The maximum atomic E-state index is 12.5. The van der Waals surface area contributed by atoms with E-state index in [-0.39, 0.29) is 22.0 Å². The van der Waals surface area contributed by atoms with Crippen molar-refractivity contribution in [3.63, 3.8) is 0 Å². The van der Waals surface area contributed by atoms with Gasteiger partial charge in [0.15, 0.2) is 10.8 Å². The third-order valence-corrected chi connectivity index (χ3v) is 4.66. The number of ketones is 1. The number of nitrogens with one attached hydrogen (secondary N) is 1. The SMILES string of the molecule is O=C(CNS(=O)(=O)c1cnccn1)c1ccc(-c2noc(C(F)(F)F)n2)cc1. The molecule has 0 saturated heterocycles. The number of hydrogen-bond acceptors (Lipinski definition) is 8. The van der Waals surface area contributed by atoms with Crippen molar-refractivity contribution < 1.29 is 30.9 Å². The van der Waals surface area contributed by atoms with E-state index in [2.05, 4.69) is 29.4 Å². The van der Waals surface area contributed by atoms with Crippen molar-refractivity contribution in [2.75, 3.05) is 6.54 Å². The van der Waals surface area contributed by atoms with Crippen LogP contribution in [-0.2, 0) is 16.2 Å². The first-order chi connectivity index (χ1) is 13.2. The van der Waals surface area contributed by atoms with Gasteiger partial charge in [-0.15, -0.1) is 0 Å². The van der Waals surface area contributed by atoms with E-state index in [1.54, 1.807) is 0 Å². The Kier molecular flexibility index (Phi) is 5.20. The zero-order chi connectivity index (χ0) is 20.4. The van der Waals surface area contributed by atoms with E-state index >= 15 is 0 Å². The largest absolute Gasteiger partial charge is 0.471 e. The molecule has 1 N–H and O–H groups in total. The highest BCUT2D eigenvalue weighted by atomic mass is 32.2. The number of carbonyl (C=O) groups is 1. The molecule has 0 aliphatic carbocycles. The molecule has 28 heavy (non-hydrogen) atoms. The number of Topliss-reactive ketones (excluding diaryl/α,β-unsaturated/α-hetero) is 1. The molecule has 0 saturated carbocycles. The number of halogens is 3. The molecule has 9 nitrogen and oxygen atoms in total. The molecule has 2 heterocycles. The number of aromatic nitrogens is 4. The third-order valence-electron chi connectivity index (χ3n) is 3.37. The highest BCUT2D eigenvalue weighted by Gasteiger charge is 2.38. The van der Waals surface area contributed by atoms with Gasteiger partial charge in [0.2, 0.25) is 5.82 Å². The van der Waals surface area contributed by atoms with Crippen molar-refractivity contribution in [2.45, 2.75) is 11.2 Å². The summed E-state index contributed by atoms with van der Waals surface area (Å²) >= 11 is 0. The summed E-state index contributed by atoms with van der Waals surface area (Å²) in [5, 5.41) is 2.90. The molecular weight excluding hydrogens is 403 g/mol. The molecule has 0 aliphatic heterocycles. The zero-order valence-electron chi connectivity index (χ0n) is 13.7. The predicted molar refractivity (Wildman–Crippen MR) is 86.3 cm³/mol. The molecule has 146 valence electrons. The van der Waals surface area contributed by atoms with Crippen LogP contribution in [0.5, 0.6) is 0 Å². The summed E-state index contributed by atoms with van der Waals surface area (Å²) < 4.78 is 67.7. The standard InChI is InChI=1S/C15H10F3N5O4S/c16-15(17,18)14-22-13(23-27-14)10-3-1-9(2-4-10)11(24)7-21-28(25,26)12-8-19-5-6-20-12/h1-6,8,21H,7H2. The summed E-state index contributed by atoms with van der Waals surface area (Å²) in [7, 11) is -4.01. The summed E-state index contributed by atoms with van der Waals surface area (Å²) in [6.07, 6.45) is -1.24. The Bertz CT molecular complexity index is 1080. The Morgan fingerprint density at radius 1 is 1.14 bits per heavy atom. The van der Waals surface area contributed by atoms with Crippen molar-refractivity contribution in [1.82, 2.24) is 24.8 Å². The van der Waals surface area contributed by atoms with Crippen LogP contribution in [0.3, 0.4) is 0 Å². The Balaban J connectivity index is 1.68. The van der Waals surface area contributed by atoms with Crippen LogP contribution in [0.25, 0.3) is 11.4 Å². The topological polar surface area (TPSA) is 128 Å². The van der Waals surface area contributed by atoms with Crippen LogP contribution >= 0.6 is 0 Å². The molecule has 3 aromatic rings. The van der Waals surface area contributed by atoms with E-state index in [0.29, 0.717) is 0 Å². The van der Waals surface area contributed by atoms with Gasteiger partial charge in [0.05, 0.1) is 12.7 Å².